The van der Waals surface area contributed by atoms with E-state index < -0.39 is 6.09 Å². The van der Waals surface area contributed by atoms with Crippen LogP contribution >= 0.6 is 0 Å². The van der Waals surface area contributed by atoms with E-state index >= 15 is 0 Å². The molecule has 96 valence electrons. The smallest absolute Gasteiger partial charge is 0.411 e. The summed E-state index contributed by atoms with van der Waals surface area (Å²) in [6, 6.07) is 7.38. The van der Waals surface area contributed by atoms with Crippen LogP contribution in [0.2, 0.25) is 0 Å². The van der Waals surface area contributed by atoms with Crippen molar-refractivity contribution in [2.75, 3.05) is 11.9 Å². The summed E-state index contributed by atoms with van der Waals surface area (Å²) in [7, 11) is 0. The van der Waals surface area contributed by atoms with Gasteiger partial charge < -0.3 is 9.47 Å². The van der Waals surface area contributed by atoms with Crippen LogP contribution in [0.5, 0.6) is 0 Å². The van der Waals surface area contributed by atoms with Gasteiger partial charge in [-0.1, -0.05) is 24.8 Å². The molecular formula is C14H17NO3. The Hall–Kier alpha value is -1.81. The molecule has 0 saturated carbocycles. The molecule has 2 rings (SSSR count). The van der Waals surface area contributed by atoms with Gasteiger partial charge in [0.05, 0.1) is 12.7 Å². The Morgan fingerprint density at radius 3 is 2.83 bits per heavy atom. The standard InChI is InChI=1S/C14H17NO3/c1-3-11-4-6-12(7-5-11)15-14(16)18-10(2)8-13-9-17-13/h3-7,10,13H,1,8-9H2,2H3,(H,15,16). The predicted octanol–water partition coefficient (Wildman–Crippen LogP) is 3.06. The van der Waals surface area contributed by atoms with E-state index in [2.05, 4.69) is 11.9 Å². The average molecular weight is 247 g/mol. The fourth-order valence-electron chi connectivity index (χ4n) is 1.66. The van der Waals surface area contributed by atoms with E-state index in [1.165, 1.54) is 0 Å². The number of epoxide rings is 1. The summed E-state index contributed by atoms with van der Waals surface area (Å²) in [6.45, 7) is 6.31. The zero-order chi connectivity index (χ0) is 13.0. The van der Waals surface area contributed by atoms with Crippen LogP contribution in [-0.2, 0) is 9.47 Å². The fourth-order valence-corrected chi connectivity index (χ4v) is 1.66. The number of nitrogens with one attached hydrogen (secondary N) is 1. The van der Waals surface area contributed by atoms with Crippen LogP contribution in [0, 0.1) is 0 Å². The lowest BCUT2D eigenvalue weighted by Gasteiger charge is -2.12. The third kappa shape index (κ3) is 3.89. The van der Waals surface area contributed by atoms with Gasteiger partial charge >= 0.3 is 6.09 Å². The summed E-state index contributed by atoms with van der Waals surface area (Å²) in [5, 5.41) is 2.68. The third-order valence-electron chi connectivity index (χ3n) is 2.70. The van der Waals surface area contributed by atoms with Crippen LogP contribution in [0.4, 0.5) is 10.5 Å². The molecule has 1 fully saturated rings. The van der Waals surface area contributed by atoms with Crippen molar-refractivity contribution in [3.8, 4) is 0 Å². The van der Waals surface area contributed by atoms with Crippen molar-refractivity contribution in [2.24, 2.45) is 0 Å². The first kappa shape index (κ1) is 12.6. The molecule has 0 spiro atoms. The van der Waals surface area contributed by atoms with E-state index in [0.717, 1.165) is 18.6 Å². The largest absolute Gasteiger partial charge is 0.446 e. The first-order chi connectivity index (χ1) is 8.67. The number of carbonyl (C=O) groups excluding carboxylic acids is 1. The number of anilines is 1. The van der Waals surface area contributed by atoms with Gasteiger partial charge in [-0.15, -0.1) is 0 Å². The van der Waals surface area contributed by atoms with E-state index in [-0.39, 0.29) is 12.2 Å². The molecule has 1 N–H and O–H groups in total. The van der Waals surface area contributed by atoms with Crippen molar-refractivity contribution in [3.05, 3.63) is 36.4 Å². The Labute approximate surface area is 107 Å². The van der Waals surface area contributed by atoms with Crippen LogP contribution in [-0.4, -0.2) is 24.9 Å². The van der Waals surface area contributed by atoms with Crippen LogP contribution in [0.15, 0.2) is 30.8 Å². The molecule has 1 saturated heterocycles. The molecule has 0 radical (unpaired) electrons. The Bertz CT molecular complexity index is 423. The van der Waals surface area contributed by atoms with E-state index in [4.69, 9.17) is 9.47 Å². The Morgan fingerprint density at radius 2 is 2.28 bits per heavy atom. The van der Waals surface area contributed by atoms with E-state index in [0.29, 0.717) is 5.69 Å². The average Bonchev–Trinajstić information content (AvgIpc) is 3.13. The molecule has 4 nitrogen and oxygen atoms in total. The first-order valence-corrected chi connectivity index (χ1v) is 5.99. The molecule has 0 bridgehead atoms. The van der Waals surface area contributed by atoms with Crippen LogP contribution < -0.4 is 5.32 Å². The van der Waals surface area contributed by atoms with E-state index in [1.807, 2.05) is 31.2 Å². The number of benzene rings is 1. The fraction of sp³-hybridized carbons (Fsp3) is 0.357. The van der Waals surface area contributed by atoms with Crippen LogP contribution in [0.1, 0.15) is 18.9 Å². The molecule has 1 aromatic carbocycles. The number of carbonyl (C=O) groups is 1. The number of rotatable bonds is 5. The maximum atomic E-state index is 11.6. The summed E-state index contributed by atoms with van der Waals surface area (Å²) in [5.74, 6) is 0. The highest BCUT2D eigenvalue weighted by atomic mass is 16.6. The molecule has 0 aliphatic carbocycles. The number of amides is 1. The molecule has 1 aliphatic heterocycles. The number of hydrogen-bond donors (Lipinski definition) is 1. The van der Waals surface area contributed by atoms with Gasteiger partial charge in [0.2, 0.25) is 0 Å². The lowest BCUT2D eigenvalue weighted by atomic mass is 10.2. The molecule has 18 heavy (non-hydrogen) atoms. The van der Waals surface area contributed by atoms with E-state index in [1.54, 1.807) is 6.08 Å². The van der Waals surface area contributed by atoms with Gasteiger partial charge in [-0.2, -0.15) is 0 Å². The summed E-state index contributed by atoms with van der Waals surface area (Å²) < 4.78 is 10.3. The van der Waals surface area contributed by atoms with Gasteiger partial charge in [0, 0.05) is 12.1 Å². The van der Waals surface area contributed by atoms with Gasteiger partial charge in [0.1, 0.15) is 6.10 Å². The zero-order valence-electron chi connectivity index (χ0n) is 10.4. The summed E-state index contributed by atoms with van der Waals surface area (Å²) in [4.78, 5) is 11.6. The minimum absolute atomic E-state index is 0.134. The van der Waals surface area contributed by atoms with Crippen molar-refractivity contribution in [2.45, 2.75) is 25.6 Å². The van der Waals surface area contributed by atoms with Crippen molar-refractivity contribution in [3.63, 3.8) is 0 Å². The minimum Gasteiger partial charge on any atom is -0.446 e. The van der Waals surface area contributed by atoms with Crippen molar-refractivity contribution in [1.29, 1.82) is 0 Å². The molecule has 1 aromatic rings. The maximum absolute atomic E-state index is 11.6. The second-order valence-electron chi connectivity index (χ2n) is 4.36. The topological polar surface area (TPSA) is 50.9 Å². The molecule has 0 aromatic heterocycles. The van der Waals surface area contributed by atoms with Gasteiger partial charge in [-0.05, 0) is 24.6 Å². The predicted molar refractivity (Wildman–Crippen MR) is 70.5 cm³/mol. The molecule has 1 aliphatic rings. The lowest BCUT2D eigenvalue weighted by Crippen LogP contribution is -2.21. The molecule has 1 amide bonds. The van der Waals surface area contributed by atoms with Gasteiger partial charge in [-0.25, -0.2) is 4.79 Å². The lowest BCUT2D eigenvalue weighted by molar-refractivity contribution is 0.110. The summed E-state index contributed by atoms with van der Waals surface area (Å²) >= 11 is 0. The number of ether oxygens (including phenoxy) is 2. The maximum Gasteiger partial charge on any atom is 0.411 e. The highest BCUT2D eigenvalue weighted by Gasteiger charge is 2.26. The number of hydrogen-bond acceptors (Lipinski definition) is 3. The highest BCUT2D eigenvalue weighted by molar-refractivity contribution is 5.84. The first-order valence-electron chi connectivity index (χ1n) is 5.99. The molecule has 1 heterocycles. The second-order valence-corrected chi connectivity index (χ2v) is 4.36. The van der Waals surface area contributed by atoms with Gasteiger partial charge in [0.25, 0.3) is 0 Å². The van der Waals surface area contributed by atoms with Crippen molar-refractivity contribution >= 4 is 17.9 Å². The second kappa shape index (κ2) is 5.69. The molecule has 2 unspecified atom stereocenters. The molecule has 2 atom stereocenters. The van der Waals surface area contributed by atoms with Crippen LogP contribution in [0.25, 0.3) is 6.08 Å². The van der Waals surface area contributed by atoms with Gasteiger partial charge in [-0.3, -0.25) is 5.32 Å². The zero-order valence-corrected chi connectivity index (χ0v) is 10.4. The molecule has 4 heteroatoms. The summed E-state index contributed by atoms with van der Waals surface area (Å²) in [5.41, 5.74) is 1.72. The Kier molecular flexibility index (Phi) is 3.99. The Morgan fingerprint density at radius 1 is 1.61 bits per heavy atom. The van der Waals surface area contributed by atoms with E-state index in [9.17, 15) is 4.79 Å². The normalized spacial score (nSPS) is 18.8. The summed E-state index contributed by atoms with van der Waals surface area (Å²) in [6.07, 6.45) is 2.20. The monoisotopic (exact) mass is 247 g/mol. The SMILES string of the molecule is C=Cc1ccc(NC(=O)OC(C)CC2CO2)cc1. The Balaban J connectivity index is 1.79. The highest BCUT2D eigenvalue weighted by Crippen LogP contribution is 2.17. The third-order valence-corrected chi connectivity index (χ3v) is 2.70. The van der Waals surface area contributed by atoms with Crippen molar-refractivity contribution in [1.82, 2.24) is 0 Å². The molecular weight excluding hydrogens is 230 g/mol. The van der Waals surface area contributed by atoms with Gasteiger partial charge in [0.15, 0.2) is 0 Å². The van der Waals surface area contributed by atoms with Crippen LogP contribution in [0.3, 0.4) is 0 Å². The van der Waals surface area contributed by atoms with Crippen molar-refractivity contribution < 1.29 is 14.3 Å². The quantitative estimate of drug-likeness (QED) is 0.813. The minimum atomic E-state index is -0.436.